The van der Waals surface area contributed by atoms with Crippen molar-refractivity contribution in [3.63, 3.8) is 0 Å². The zero-order valence-electron chi connectivity index (χ0n) is 13.7. The molecular formula is C17H22N2O4S. The van der Waals surface area contributed by atoms with Crippen LogP contribution in [0.4, 0.5) is 4.79 Å². The third-order valence-electron chi connectivity index (χ3n) is 4.78. The van der Waals surface area contributed by atoms with E-state index < -0.39 is 21.9 Å². The molecule has 1 aromatic rings. The number of sulfone groups is 1. The highest BCUT2D eigenvalue weighted by Gasteiger charge is 2.38. The Bertz CT molecular complexity index is 735. The van der Waals surface area contributed by atoms with Gasteiger partial charge in [0.15, 0.2) is 0 Å². The maximum absolute atomic E-state index is 12.3. The van der Waals surface area contributed by atoms with Gasteiger partial charge in [-0.05, 0) is 42.7 Å². The van der Waals surface area contributed by atoms with E-state index in [1.54, 1.807) is 0 Å². The van der Waals surface area contributed by atoms with Gasteiger partial charge in [0.05, 0.1) is 5.75 Å². The number of benzene rings is 1. The van der Waals surface area contributed by atoms with Crippen molar-refractivity contribution in [2.45, 2.75) is 31.7 Å². The number of amides is 3. The lowest BCUT2D eigenvalue weighted by Crippen LogP contribution is -2.33. The van der Waals surface area contributed by atoms with Crippen LogP contribution in [0.3, 0.4) is 0 Å². The number of imide groups is 1. The Labute approximate surface area is 142 Å². The van der Waals surface area contributed by atoms with Gasteiger partial charge in [-0.15, -0.1) is 0 Å². The fraction of sp³-hybridized carbons (Fsp3) is 0.529. The van der Waals surface area contributed by atoms with Gasteiger partial charge in [0.25, 0.3) is 5.91 Å². The Morgan fingerprint density at radius 2 is 1.75 bits per heavy atom. The molecule has 0 bridgehead atoms. The largest absolute Gasteiger partial charge is 0.326 e. The van der Waals surface area contributed by atoms with E-state index >= 15 is 0 Å². The van der Waals surface area contributed by atoms with Gasteiger partial charge in [-0.1, -0.05) is 24.3 Å². The molecule has 0 aromatic heterocycles. The summed E-state index contributed by atoms with van der Waals surface area (Å²) >= 11 is 0. The number of hydrogen-bond donors (Lipinski definition) is 1. The summed E-state index contributed by atoms with van der Waals surface area (Å²) in [7, 11) is -3.15. The lowest BCUT2D eigenvalue weighted by atomic mass is 10.0. The first-order chi connectivity index (χ1) is 11.3. The van der Waals surface area contributed by atoms with E-state index in [1.807, 2.05) is 12.1 Å². The zero-order valence-corrected chi connectivity index (χ0v) is 14.5. The van der Waals surface area contributed by atoms with Crippen molar-refractivity contribution in [3.05, 3.63) is 35.4 Å². The second-order valence-corrected chi connectivity index (χ2v) is 9.00. The van der Waals surface area contributed by atoms with E-state index in [-0.39, 0.29) is 18.1 Å². The molecule has 1 saturated heterocycles. The lowest BCUT2D eigenvalue weighted by Gasteiger charge is -2.16. The molecule has 0 radical (unpaired) electrons. The molecule has 1 atom stereocenters. The molecule has 24 heavy (non-hydrogen) atoms. The van der Waals surface area contributed by atoms with E-state index in [0.29, 0.717) is 12.5 Å². The summed E-state index contributed by atoms with van der Waals surface area (Å²) in [6.07, 6.45) is 4.00. The first-order valence-electron chi connectivity index (χ1n) is 8.20. The number of fused-ring (bicyclic) bond motifs is 1. The van der Waals surface area contributed by atoms with Gasteiger partial charge < -0.3 is 5.32 Å². The summed E-state index contributed by atoms with van der Waals surface area (Å²) in [6, 6.07) is 7.20. The monoisotopic (exact) mass is 350 g/mol. The van der Waals surface area contributed by atoms with Crippen LogP contribution in [0.1, 0.15) is 24.0 Å². The van der Waals surface area contributed by atoms with Crippen molar-refractivity contribution in [1.29, 1.82) is 0 Å². The van der Waals surface area contributed by atoms with E-state index in [2.05, 4.69) is 17.4 Å². The number of urea groups is 1. The van der Waals surface area contributed by atoms with Crippen LogP contribution in [0.5, 0.6) is 0 Å². The van der Waals surface area contributed by atoms with Gasteiger partial charge >= 0.3 is 6.03 Å². The summed E-state index contributed by atoms with van der Waals surface area (Å²) < 4.78 is 22.5. The average Bonchev–Trinajstić information content (AvgIpc) is 3.03. The van der Waals surface area contributed by atoms with Crippen LogP contribution in [-0.4, -0.2) is 49.9 Å². The van der Waals surface area contributed by atoms with E-state index in [4.69, 9.17) is 0 Å². The fourth-order valence-electron chi connectivity index (χ4n) is 3.48. The molecule has 6 nitrogen and oxygen atoms in total. The third kappa shape index (κ3) is 3.77. The molecule has 3 rings (SSSR count). The SMILES string of the molecule is CS(=O)(=O)CC[C@@H]1NC(=O)N(CCC2Cc3ccccc3C2)C1=O. The third-order valence-corrected chi connectivity index (χ3v) is 5.76. The molecule has 1 aliphatic carbocycles. The number of nitrogens with one attached hydrogen (secondary N) is 1. The Kier molecular flexibility index (Phi) is 4.62. The minimum atomic E-state index is -3.15. The number of rotatable bonds is 6. The number of carbonyl (C=O) groups is 2. The number of carbonyl (C=O) groups excluding carboxylic acids is 2. The Balaban J connectivity index is 1.53. The number of nitrogens with zero attached hydrogens (tertiary/aromatic N) is 1. The van der Waals surface area contributed by atoms with Crippen LogP contribution >= 0.6 is 0 Å². The van der Waals surface area contributed by atoms with E-state index in [0.717, 1.165) is 25.5 Å². The predicted octanol–water partition coefficient (Wildman–Crippen LogP) is 1.15. The second-order valence-electron chi connectivity index (χ2n) is 6.74. The van der Waals surface area contributed by atoms with Gasteiger partial charge in [0, 0.05) is 12.8 Å². The molecule has 0 unspecified atom stereocenters. The van der Waals surface area contributed by atoms with E-state index in [9.17, 15) is 18.0 Å². The van der Waals surface area contributed by atoms with E-state index in [1.165, 1.54) is 16.0 Å². The number of hydrogen-bond acceptors (Lipinski definition) is 4. The first kappa shape index (κ1) is 17.0. The smallest absolute Gasteiger partial charge is 0.324 e. The van der Waals surface area contributed by atoms with Crippen molar-refractivity contribution in [2.75, 3.05) is 18.6 Å². The minimum Gasteiger partial charge on any atom is -0.326 e. The minimum absolute atomic E-state index is 0.102. The van der Waals surface area contributed by atoms with Crippen LogP contribution < -0.4 is 5.32 Å². The summed E-state index contributed by atoms with van der Waals surface area (Å²) in [5.41, 5.74) is 2.71. The van der Waals surface area contributed by atoms with Crippen molar-refractivity contribution in [1.82, 2.24) is 10.2 Å². The van der Waals surface area contributed by atoms with Crippen molar-refractivity contribution < 1.29 is 18.0 Å². The summed E-state index contributed by atoms with van der Waals surface area (Å²) in [4.78, 5) is 25.5. The summed E-state index contributed by atoms with van der Waals surface area (Å²) in [5.74, 6) is 0.0346. The molecule has 1 aromatic carbocycles. The van der Waals surface area contributed by atoms with Gasteiger partial charge in [-0.2, -0.15) is 0 Å². The Hall–Kier alpha value is -1.89. The Morgan fingerprint density at radius 1 is 1.12 bits per heavy atom. The molecule has 2 aliphatic rings. The maximum atomic E-state index is 12.3. The maximum Gasteiger partial charge on any atom is 0.324 e. The Morgan fingerprint density at radius 3 is 2.33 bits per heavy atom. The molecule has 130 valence electrons. The van der Waals surface area contributed by atoms with Gasteiger partial charge in [0.2, 0.25) is 0 Å². The first-order valence-corrected chi connectivity index (χ1v) is 10.3. The highest BCUT2D eigenvalue weighted by Crippen LogP contribution is 2.29. The molecular weight excluding hydrogens is 328 g/mol. The van der Waals surface area contributed by atoms with Crippen LogP contribution in [0, 0.1) is 5.92 Å². The van der Waals surface area contributed by atoms with Gasteiger partial charge in [-0.25, -0.2) is 13.2 Å². The van der Waals surface area contributed by atoms with Crippen LogP contribution in [0.25, 0.3) is 0 Å². The van der Waals surface area contributed by atoms with Crippen molar-refractivity contribution in [2.24, 2.45) is 5.92 Å². The molecule has 7 heteroatoms. The lowest BCUT2D eigenvalue weighted by molar-refractivity contribution is -0.127. The van der Waals surface area contributed by atoms with Crippen LogP contribution in [-0.2, 0) is 27.5 Å². The summed E-state index contributed by atoms with van der Waals surface area (Å²) in [6.45, 7) is 0.388. The topological polar surface area (TPSA) is 83.6 Å². The molecule has 1 aliphatic heterocycles. The molecule has 3 amide bonds. The molecule has 1 N–H and O–H groups in total. The molecule has 0 saturated carbocycles. The average molecular weight is 350 g/mol. The predicted molar refractivity (Wildman–Crippen MR) is 90.3 cm³/mol. The quantitative estimate of drug-likeness (QED) is 0.780. The molecule has 0 spiro atoms. The standard InChI is InChI=1S/C17H22N2O4S/c1-24(22,23)9-7-15-16(20)19(17(21)18-15)8-6-12-10-13-4-2-3-5-14(13)11-12/h2-5,12,15H,6-11H2,1H3,(H,18,21)/t15-/m0/s1. The van der Waals surface area contributed by atoms with Gasteiger partial charge in [-0.3, -0.25) is 9.69 Å². The molecule has 1 fully saturated rings. The fourth-order valence-corrected chi connectivity index (χ4v) is 4.15. The highest BCUT2D eigenvalue weighted by molar-refractivity contribution is 7.90. The highest BCUT2D eigenvalue weighted by atomic mass is 32.2. The van der Waals surface area contributed by atoms with Gasteiger partial charge in [0.1, 0.15) is 15.9 Å². The summed E-state index contributed by atoms with van der Waals surface area (Å²) in [5, 5.41) is 2.59. The van der Waals surface area contributed by atoms with Crippen molar-refractivity contribution in [3.8, 4) is 0 Å². The normalized spacial score (nSPS) is 21.2. The van der Waals surface area contributed by atoms with Crippen LogP contribution in [0.2, 0.25) is 0 Å². The second kappa shape index (κ2) is 6.55. The van der Waals surface area contributed by atoms with Crippen LogP contribution in [0.15, 0.2) is 24.3 Å². The zero-order chi connectivity index (χ0) is 17.3. The molecule has 1 heterocycles. The van der Waals surface area contributed by atoms with Crippen molar-refractivity contribution >= 4 is 21.8 Å².